The van der Waals surface area contributed by atoms with Crippen LogP contribution in [0.25, 0.3) is 0 Å². The van der Waals surface area contributed by atoms with Gasteiger partial charge in [-0.05, 0) is 62.2 Å². The average molecular weight is 226 g/mol. The lowest BCUT2D eigenvalue weighted by atomic mass is 9.65. The van der Waals surface area contributed by atoms with Crippen LogP contribution < -0.4 is 0 Å². The van der Waals surface area contributed by atoms with Crippen LogP contribution >= 0.6 is 25.3 Å². The molecule has 0 aromatic carbocycles. The highest BCUT2D eigenvalue weighted by molar-refractivity contribution is 7.86. The molecule has 2 heteroatoms. The molecular formula is C12H18S2. The van der Waals surface area contributed by atoms with Crippen molar-refractivity contribution >= 4 is 25.3 Å². The summed E-state index contributed by atoms with van der Waals surface area (Å²) >= 11 is 10.1. The van der Waals surface area contributed by atoms with E-state index in [0.29, 0.717) is 0 Å². The summed E-state index contributed by atoms with van der Waals surface area (Å²) < 4.78 is 0.498. The Labute approximate surface area is 97.0 Å². The van der Waals surface area contributed by atoms with E-state index in [1.807, 2.05) is 0 Å². The Morgan fingerprint density at radius 1 is 1.14 bits per heavy atom. The number of hydrogen-bond acceptors (Lipinski definition) is 2. The van der Waals surface area contributed by atoms with E-state index in [1.165, 1.54) is 25.7 Å². The van der Waals surface area contributed by atoms with Gasteiger partial charge in [-0.1, -0.05) is 0 Å². The number of rotatable bonds is 0. The Morgan fingerprint density at radius 2 is 1.93 bits per heavy atom. The van der Waals surface area contributed by atoms with Gasteiger partial charge in [0.15, 0.2) is 0 Å². The first-order valence-electron chi connectivity index (χ1n) is 6.00. The summed E-state index contributed by atoms with van der Waals surface area (Å²) in [7, 11) is 0. The van der Waals surface area contributed by atoms with Gasteiger partial charge < -0.3 is 0 Å². The molecule has 0 heterocycles. The molecule has 7 unspecified atom stereocenters. The van der Waals surface area contributed by atoms with Crippen molar-refractivity contribution in [3.05, 3.63) is 0 Å². The van der Waals surface area contributed by atoms with Crippen LogP contribution in [0, 0.1) is 29.6 Å². The summed E-state index contributed by atoms with van der Waals surface area (Å²) in [5.41, 5.74) is 0. The van der Waals surface area contributed by atoms with E-state index in [2.05, 4.69) is 6.92 Å². The second-order valence-electron chi connectivity index (χ2n) is 6.31. The van der Waals surface area contributed by atoms with Gasteiger partial charge in [0.05, 0.1) is 0 Å². The van der Waals surface area contributed by atoms with Gasteiger partial charge in [-0.15, -0.1) is 0 Å². The summed E-state index contributed by atoms with van der Waals surface area (Å²) in [5, 5.41) is 0. The summed E-state index contributed by atoms with van der Waals surface area (Å²) in [6.45, 7) is 2.37. The molecule has 4 fully saturated rings. The third-order valence-corrected chi connectivity index (χ3v) is 8.03. The predicted molar refractivity (Wildman–Crippen MR) is 65.0 cm³/mol. The maximum Gasteiger partial charge on any atom is 0.0307 e. The van der Waals surface area contributed by atoms with Crippen LogP contribution in [0.3, 0.4) is 0 Å². The zero-order valence-electron chi connectivity index (χ0n) is 8.61. The van der Waals surface area contributed by atoms with E-state index in [4.69, 9.17) is 25.3 Å². The lowest BCUT2D eigenvalue weighted by Crippen LogP contribution is -2.46. The van der Waals surface area contributed by atoms with Crippen LogP contribution in [0.5, 0.6) is 0 Å². The third-order valence-electron chi connectivity index (χ3n) is 6.14. The third kappa shape index (κ3) is 0.650. The highest BCUT2D eigenvalue weighted by Crippen LogP contribution is 2.77. The van der Waals surface area contributed by atoms with Crippen molar-refractivity contribution in [1.29, 1.82) is 0 Å². The Bertz CT molecular complexity index is 311. The molecule has 0 amide bonds. The van der Waals surface area contributed by atoms with Crippen molar-refractivity contribution in [2.75, 3.05) is 0 Å². The van der Waals surface area contributed by atoms with Gasteiger partial charge >= 0.3 is 0 Å². The fourth-order valence-corrected chi connectivity index (χ4v) is 6.73. The van der Waals surface area contributed by atoms with Gasteiger partial charge in [-0.2, -0.15) is 25.3 Å². The minimum absolute atomic E-state index is 0.219. The molecule has 4 aliphatic carbocycles. The molecule has 4 rings (SSSR count). The molecular weight excluding hydrogens is 208 g/mol. The molecule has 7 atom stereocenters. The number of thiol groups is 2. The molecule has 4 saturated carbocycles. The summed E-state index contributed by atoms with van der Waals surface area (Å²) in [6.07, 6.45) is 5.74. The number of hydrogen-bond donors (Lipinski definition) is 2. The monoisotopic (exact) mass is 226 g/mol. The first kappa shape index (κ1) is 8.81. The van der Waals surface area contributed by atoms with Crippen molar-refractivity contribution in [3.8, 4) is 0 Å². The van der Waals surface area contributed by atoms with Crippen molar-refractivity contribution in [2.45, 2.75) is 42.1 Å². The maximum absolute atomic E-state index is 5.09. The van der Waals surface area contributed by atoms with Crippen molar-refractivity contribution in [1.82, 2.24) is 0 Å². The smallest absolute Gasteiger partial charge is 0.0307 e. The van der Waals surface area contributed by atoms with E-state index in [1.54, 1.807) is 0 Å². The summed E-state index contributed by atoms with van der Waals surface area (Å²) in [5.74, 6) is 4.92. The van der Waals surface area contributed by atoms with Crippen molar-refractivity contribution < 1.29 is 0 Å². The van der Waals surface area contributed by atoms with Crippen LogP contribution in [0.4, 0.5) is 0 Å². The second kappa shape index (κ2) is 2.20. The quantitative estimate of drug-likeness (QED) is 0.583. The van der Waals surface area contributed by atoms with Crippen molar-refractivity contribution in [3.63, 3.8) is 0 Å². The molecule has 0 aliphatic heterocycles. The normalized spacial score (nSPS) is 73.5. The summed E-state index contributed by atoms with van der Waals surface area (Å²) in [4.78, 5) is 0. The molecule has 0 spiro atoms. The second-order valence-corrected chi connectivity index (χ2v) is 8.04. The van der Waals surface area contributed by atoms with Gasteiger partial charge in [-0.25, -0.2) is 0 Å². The van der Waals surface area contributed by atoms with Crippen LogP contribution in [0.2, 0.25) is 0 Å². The van der Waals surface area contributed by atoms with Gasteiger partial charge in [-0.3, -0.25) is 0 Å². The minimum Gasteiger partial charge on any atom is -0.171 e. The fourth-order valence-electron chi connectivity index (χ4n) is 5.51. The molecule has 0 N–H and O–H groups in total. The van der Waals surface area contributed by atoms with Gasteiger partial charge in [0.2, 0.25) is 0 Å². The minimum atomic E-state index is 0.219. The first-order chi connectivity index (χ1) is 6.56. The highest BCUT2D eigenvalue weighted by atomic mass is 32.1. The molecule has 14 heavy (non-hydrogen) atoms. The van der Waals surface area contributed by atoms with E-state index in [0.717, 1.165) is 29.6 Å². The average Bonchev–Trinajstić information content (AvgIpc) is 2.56. The molecule has 0 radical (unpaired) electrons. The SMILES string of the molecule is CC1(S)C2CC3CC4CCC1(S)C4C32. The molecule has 0 saturated heterocycles. The van der Waals surface area contributed by atoms with Crippen LogP contribution in [0.15, 0.2) is 0 Å². The zero-order chi connectivity index (χ0) is 9.72. The van der Waals surface area contributed by atoms with Gasteiger partial charge in [0.1, 0.15) is 0 Å². The maximum atomic E-state index is 5.09. The Hall–Kier alpha value is 0.700. The Morgan fingerprint density at radius 3 is 2.71 bits per heavy atom. The Balaban J connectivity index is 1.90. The molecule has 0 nitrogen and oxygen atoms in total. The van der Waals surface area contributed by atoms with Crippen LogP contribution in [-0.2, 0) is 0 Å². The Kier molecular flexibility index (Phi) is 1.38. The van der Waals surface area contributed by atoms with E-state index in [-0.39, 0.29) is 9.49 Å². The van der Waals surface area contributed by atoms with Gasteiger partial charge in [0, 0.05) is 9.49 Å². The van der Waals surface area contributed by atoms with Crippen LogP contribution in [-0.4, -0.2) is 9.49 Å². The van der Waals surface area contributed by atoms with Crippen LogP contribution in [0.1, 0.15) is 32.6 Å². The zero-order valence-corrected chi connectivity index (χ0v) is 10.4. The standard InChI is InChI=1S/C12H18S2/c1-11(13)8-5-7-4-6-2-3-12(11,14)10(6)9(7)8/h6-10,13-14H,2-5H2,1H3. The molecule has 78 valence electrons. The molecule has 4 aliphatic rings. The molecule has 0 aromatic heterocycles. The fraction of sp³-hybridized carbons (Fsp3) is 1.00. The lowest BCUT2D eigenvalue weighted by molar-refractivity contribution is 0.101. The lowest BCUT2D eigenvalue weighted by Gasteiger charge is -2.46. The molecule has 0 bridgehead atoms. The van der Waals surface area contributed by atoms with E-state index in [9.17, 15) is 0 Å². The predicted octanol–water partition coefficient (Wildman–Crippen LogP) is 3.04. The first-order valence-corrected chi connectivity index (χ1v) is 6.90. The van der Waals surface area contributed by atoms with Gasteiger partial charge in [0.25, 0.3) is 0 Å². The van der Waals surface area contributed by atoms with E-state index >= 15 is 0 Å². The topological polar surface area (TPSA) is 0 Å². The summed E-state index contributed by atoms with van der Waals surface area (Å²) in [6, 6.07) is 0. The van der Waals surface area contributed by atoms with Crippen molar-refractivity contribution in [2.24, 2.45) is 29.6 Å². The largest absolute Gasteiger partial charge is 0.171 e. The highest BCUT2D eigenvalue weighted by Gasteiger charge is 2.75. The molecule has 0 aromatic rings. The van der Waals surface area contributed by atoms with E-state index < -0.39 is 0 Å².